The number of ether oxygens (including phenoxy) is 1. The number of amides is 3. The van der Waals surface area contributed by atoms with Crippen LogP contribution < -0.4 is 20.7 Å². The lowest BCUT2D eigenvalue weighted by atomic mass is 10.3. The number of carbonyl (C=O) groups excluding carboxylic acids is 2. The van der Waals surface area contributed by atoms with Gasteiger partial charge in [0.25, 0.3) is 0 Å². The topological polar surface area (TPSA) is 97.3 Å². The van der Waals surface area contributed by atoms with Crippen molar-refractivity contribution in [2.24, 2.45) is 0 Å². The SMILES string of the molecule is COc1ccc(NC(=O)NCCNC(=O)n2ccc(C)n2)cc1Cl. The van der Waals surface area contributed by atoms with Gasteiger partial charge in [0.2, 0.25) is 0 Å². The van der Waals surface area contributed by atoms with Crippen LogP contribution in [0.5, 0.6) is 5.75 Å². The normalized spacial score (nSPS) is 10.1. The van der Waals surface area contributed by atoms with Crippen molar-refractivity contribution in [1.29, 1.82) is 0 Å². The summed E-state index contributed by atoms with van der Waals surface area (Å²) in [5, 5.41) is 12.3. The maximum atomic E-state index is 11.8. The number of anilines is 1. The molecule has 0 atom stereocenters. The van der Waals surface area contributed by atoms with Gasteiger partial charge in [-0.15, -0.1) is 0 Å². The Morgan fingerprint density at radius 1 is 1.25 bits per heavy atom. The molecule has 3 N–H and O–H groups in total. The van der Waals surface area contributed by atoms with Gasteiger partial charge < -0.3 is 20.7 Å². The first-order valence-corrected chi connectivity index (χ1v) is 7.56. The van der Waals surface area contributed by atoms with Crippen LogP contribution in [0.25, 0.3) is 0 Å². The fourth-order valence-electron chi connectivity index (χ4n) is 1.87. The van der Waals surface area contributed by atoms with Crippen molar-refractivity contribution in [2.45, 2.75) is 6.92 Å². The van der Waals surface area contributed by atoms with Crippen molar-refractivity contribution in [1.82, 2.24) is 20.4 Å². The largest absolute Gasteiger partial charge is 0.495 e. The molecule has 0 aliphatic rings. The molecule has 0 unspecified atom stereocenters. The molecule has 8 nitrogen and oxygen atoms in total. The monoisotopic (exact) mass is 351 g/mol. The molecule has 0 bridgehead atoms. The Bertz CT molecular complexity index is 732. The molecule has 9 heteroatoms. The molecule has 1 aromatic heterocycles. The third-order valence-electron chi connectivity index (χ3n) is 3.03. The predicted octanol–water partition coefficient (Wildman–Crippen LogP) is 2.23. The maximum absolute atomic E-state index is 11.8. The highest BCUT2D eigenvalue weighted by molar-refractivity contribution is 6.32. The van der Waals surface area contributed by atoms with Crippen molar-refractivity contribution < 1.29 is 14.3 Å². The lowest BCUT2D eigenvalue weighted by Gasteiger charge is -2.10. The Morgan fingerprint density at radius 3 is 2.62 bits per heavy atom. The van der Waals surface area contributed by atoms with E-state index in [9.17, 15) is 9.59 Å². The fraction of sp³-hybridized carbons (Fsp3) is 0.267. The summed E-state index contributed by atoms with van der Waals surface area (Å²) in [5.74, 6) is 0.527. The molecule has 0 spiro atoms. The lowest BCUT2D eigenvalue weighted by molar-refractivity contribution is 0.238. The van der Waals surface area contributed by atoms with E-state index < -0.39 is 6.03 Å². The van der Waals surface area contributed by atoms with Crippen LogP contribution in [-0.4, -0.2) is 42.0 Å². The molecule has 0 radical (unpaired) electrons. The molecule has 0 aliphatic heterocycles. The average Bonchev–Trinajstić information content (AvgIpc) is 2.98. The minimum atomic E-state index is -0.402. The van der Waals surface area contributed by atoms with Crippen LogP contribution in [0.15, 0.2) is 30.5 Å². The summed E-state index contributed by atoms with van der Waals surface area (Å²) < 4.78 is 6.24. The van der Waals surface area contributed by atoms with Gasteiger partial charge in [-0.2, -0.15) is 9.78 Å². The Hall–Kier alpha value is -2.74. The number of methoxy groups -OCH3 is 1. The van der Waals surface area contributed by atoms with Gasteiger partial charge in [0.05, 0.1) is 17.8 Å². The number of nitrogens with one attached hydrogen (secondary N) is 3. The molecule has 24 heavy (non-hydrogen) atoms. The number of benzene rings is 1. The number of aromatic nitrogens is 2. The van der Waals surface area contributed by atoms with Crippen LogP contribution in [0.1, 0.15) is 5.69 Å². The number of rotatable bonds is 5. The molecule has 0 saturated carbocycles. The van der Waals surface area contributed by atoms with Crippen LogP contribution >= 0.6 is 11.6 Å². The number of halogens is 1. The van der Waals surface area contributed by atoms with Crippen molar-refractivity contribution in [3.05, 3.63) is 41.2 Å². The number of hydrogen-bond donors (Lipinski definition) is 3. The van der Waals surface area contributed by atoms with Crippen LogP contribution in [0.3, 0.4) is 0 Å². The van der Waals surface area contributed by atoms with Crippen molar-refractivity contribution in [3.8, 4) is 5.75 Å². The molecule has 0 fully saturated rings. The van der Waals surface area contributed by atoms with Crippen LogP contribution in [0.4, 0.5) is 15.3 Å². The number of aryl methyl sites for hydroxylation is 1. The second-order valence-corrected chi connectivity index (χ2v) is 5.27. The van der Waals surface area contributed by atoms with E-state index in [1.54, 1.807) is 37.4 Å². The summed E-state index contributed by atoms with van der Waals surface area (Å²) in [6, 6.07) is 5.89. The molecular formula is C15H18ClN5O3. The molecule has 2 aromatic rings. The van der Waals surface area contributed by atoms with Crippen molar-refractivity contribution >= 4 is 29.4 Å². The van der Waals surface area contributed by atoms with E-state index in [4.69, 9.17) is 16.3 Å². The molecule has 128 valence electrons. The number of carbonyl (C=O) groups is 2. The zero-order valence-electron chi connectivity index (χ0n) is 13.3. The summed E-state index contributed by atoms with van der Waals surface area (Å²) in [6.07, 6.45) is 1.57. The average molecular weight is 352 g/mol. The highest BCUT2D eigenvalue weighted by Gasteiger charge is 2.07. The minimum Gasteiger partial charge on any atom is -0.495 e. The van der Waals surface area contributed by atoms with Crippen LogP contribution in [-0.2, 0) is 0 Å². The molecule has 3 amide bonds. The Labute approximate surface area is 144 Å². The highest BCUT2D eigenvalue weighted by atomic mass is 35.5. The third kappa shape index (κ3) is 4.88. The standard InChI is InChI=1S/C15H18ClN5O3/c1-10-5-8-21(20-10)15(23)18-7-6-17-14(22)19-11-3-4-13(24-2)12(16)9-11/h3-5,8-9H,6-7H2,1-2H3,(H,18,23)(H2,17,19,22). The molecular weight excluding hydrogens is 334 g/mol. The highest BCUT2D eigenvalue weighted by Crippen LogP contribution is 2.26. The first-order valence-electron chi connectivity index (χ1n) is 7.18. The first-order chi connectivity index (χ1) is 11.5. The van der Waals surface area contributed by atoms with E-state index in [0.717, 1.165) is 5.69 Å². The molecule has 0 saturated heterocycles. The van der Waals surface area contributed by atoms with Gasteiger partial charge in [0.15, 0.2) is 0 Å². The van der Waals surface area contributed by atoms with E-state index in [2.05, 4.69) is 21.0 Å². The summed E-state index contributed by atoms with van der Waals surface area (Å²) in [4.78, 5) is 23.5. The zero-order valence-corrected chi connectivity index (χ0v) is 14.1. The smallest absolute Gasteiger partial charge is 0.342 e. The molecule has 1 aromatic carbocycles. The van der Waals surface area contributed by atoms with E-state index >= 15 is 0 Å². The van der Waals surface area contributed by atoms with Gasteiger partial charge in [0.1, 0.15) is 5.75 Å². The second kappa shape index (κ2) is 8.21. The number of urea groups is 1. The van der Waals surface area contributed by atoms with Gasteiger partial charge in [-0.3, -0.25) is 0 Å². The Morgan fingerprint density at radius 2 is 2.00 bits per heavy atom. The Kier molecular flexibility index (Phi) is 6.02. The quantitative estimate of drug-likeness (QED) is 0.719. The van der Waals surface area contributed by atoms with Crippen LogP contribution in [0.2, 0.25) is 5.02 Å². The van der Waals surface area contributed by atoms with Gasteiger partial charge >= 0.3 is 12.1 Å². The molecule has 0 aliphatic carbocycles. The predicted molar refractivity (Wildman–Crippen MR) is 90.8 cm³/mol. The van der Waals surface area contributed by atoms with E-state index in [1.807, 2.05) is 0 Å². The van der Waals surface area contributed by atoms with E-state index in [1.165, 1.54) is 11.8 Å². The first kappa shape index (κ1) is 17.6. The van der Waals surface area contributed by atoms with Gasteiger partial charge in [-0.05, 0) is 31.2 Å². The fourth-order valence-corrected chi connectivity index (χ4v) is 2.13. The minimum absolute atomic E-state index is 0.266. The molecule has 2 rings (SSSR count). The van der Waals surface area contributed by atoms with Crippen LogP contribution in [0, 0.1) is 6.92 Å². The second-order valence-electron chi connectivity index (χ2n) is 4.86. The summed E-state index contributed by atoms with van der Waals surface area (Å²) in [5.41, 5.74) is 1.29. The zero-order chi connectivity index (χ0) is 17.5. The Balaban J connectivity index is 1.71. The van der Waals surface area contributed by atoms with Gasteiger partial charge in [-0.25, -0.2) is 9.59 Å². The summed E-state index contributed by atoms with van der Waals surface area (Å²) in [7, 11) is 1.51. The molecule has 1 heterocycles. The summed E-state index contributed by atoms with van der Waals surface area (Å²) >= 11 is 5.98. The van der Waals surface area contributed by atoms with E-state index in [0.29, 0.717) is 16.5 Å². The number of hydrogen-bond acceptors (Lipinski definition) is 4. The number of nitrogens with zero attached hydrogens (tertiary/aromatic N) is 2. The van der Waals surface area contributed by atoms with Gasteiger partial charge in [0, 0.05) is 25.0 Å². The van der Waals surface area contributed by atoms with Crippen molar-refractivity contribution in [3.63, 3.8) is 0 Å². The van der Waals surface area contributed by atoms with Crippen molar-refractivity contribution in [2.75, 3.05) is 25.5 Å². The van der Waals surface area contributed by atoms with Gasteiger partial charge in [-0.1, -0.05) is 11.6 Å². The summed E-state index contributed by atoms with van der Waals surface area (Å²) in [6.45, 7) is 2.33. The maximum Gasteiger partial charge on any atom is 0.342 e. The van der Waals surface area contributed by atoms with E-state index in [-0.39, 0.29) is 19.1 Å². The lowest BCUT2D eigenvalue weighted by Crippen LogP contribution is -2.38. The third-order valence-corrected chi connectivity index (χ3v) is 3.32.